The van der Waals surface area contributed by atoms with Crippen LogP contribution in [0.5, 0.6) is 5.88 Å². The number of nitrogens with two attached hydrogens (primary N) is 1. The van der Waals surface area contributed by atoms with Gasteiger partial charge in [-0.15, -0.1) is 0 Å². The molecule has 64 valence electrons. The van der Waals surface area contributed by atoms with Crippen molar-refractivity contribution >= 4 is 11.9 Å². The van der Waals surface area contributed by atoms with Crippen LogP contribution in [0.25, 0.3) is 0 Å². The van der Waals surface area contributed by atoms with Crippen LogP contribution in [0.4, 0.5) is 0 Å². The highest BCUT2D eigenvalue weighted by atomic mass is 16.4. The Bertz CT molecular complexity index is 342. The minimum absolute atomic E-state index is 0.410. The van der Waals surface area contributed by atoms with E-state index in [9.17, 15) is 9.59 Å². The van der Waals surface area contributed by atoms with E-state index in [2.05, 4.69) is 4.98 Å². The number of carboxylic acid groups (broad SMARTS) is 1. The Morgan fingerprint density at radius 3 is 2.33 bits per heavy atom. The predicted molar refractivity (Wildman–Crippen MR) is 35.7 cm³/mol. The molecule has 7 nitrogen and oxygen atoms in total. The van der Waals surface area contributed by atoms with Gasteiger partial charge in [-0.25, -0.2) is 4.79 Å². The minimum Gasteiger partial charge on any atom is -0.492 e. The van der Waals surface area contributed by atoms with Crippen molar-refractivity contribution in [3.63, 3.8) is 0 Å². The number of aromatic carboxylic acids is 1. The zero-order valence-electron chi connectivity index (χ0n) is 5.74. The zero-order valence-corrected chi connectivity index (χ0v) is 5.74. The van der Waals surface area contributed by atoms with Crippen molar-refractivity contribution in [2.45, 2.75) is 0 Å². The van der Waals surface area contributed by atoms with Crippen molar-refractivity contribution in [1.82, 2.24) is 9.97 Å². The van der Waals surface area contributed by atoms with Crippen LogP contribution in [-0.4, -0.2) is 32.1 Å². The molecule has 0 radical (unpaired) electrons. The van der Waals surface area contributed by atoms with Crippen molar-refractivity contribution in [1.29, 1.82) is 0 Å². The second kappa shape index (κ2) is 2.53. The van der Waals surface area contributed by atoms with E-state index in [1.54, 1.807) is 0 Å². The number of carboxylic acids is 1. The third-order valence-corrected chi connectivity index (χ3v) is 1.13. The van der Waals surface area contributed by atoms with Crippen molar-refractivity contribution in [3.8, 4) is 5.88 Å². The number of hydrogen-bond donors (Lipinski definition) is 4. The van der Waals surface area contributed by atoms with E-state index in [4.69, 9.17) is 15.9 Å². The highest BCUT2D eigenvalue weighted by molar-refractivity contribution is 5.95. The van der Waals surface area contributed by atoms with Gasteiger partial charge in [-0.05, 0) is 0 Å². The molecule has 0 bridgehead atoms. The minimum atomic E-state index is -1.38. The standard InChI is InChI=1S/C5H5N3O4/c6-2(9)1-4(10)8-3(7-1)5(11)12/h10H,(H2,6,9)(H,7,8)(H,11,12). The van der Waals surface area contributed by atoms with E-state index in [-0.39, 0.29) is 0 Å². The van der Waals surface area contributed by atoms with Crippen molar-refractivity contribution in [2.24, 2.45) is 5.73 Å². The van der Waals surface area contributed by atoms with Crippen LogP contribution < -0.4 is 5.73 Å². The normalized spacial score (nSPS) is 9.67. The van der Waals surface area contributed by atoms with E-state index in [0.29, 0.717) is 0 Å². The van der Waals surface area contributed by atoms with Crippen LogP contribution in [0.1, 0.15) is 21.1 Å². The number of aromatic hydroxyl groups is 1. The lowest BCUT2D eigenvalue weighted by Gasteiger charge is -1.86. The molecule has 5 N–H and O–H groups in total. The van der Waals surface area contributed by atoms with Gasteiger partial charge in [0.1, 0.15) is 0 Å². The molecule has 1 heterocycles. The monoisotopic (exact) mass is 171 g/mol. The SMILES string of the molecule is NC(=O)c1[nH]c(C(=O)O)nc1O. The smallest absolute Gasteiger partial charge is 0.372 e. The van der Waals surface area contributed by atoms with Crippen molar-refractivity contribution in [2.75, 3.05) is 0 Å². The highest BCUT2D eigenvalue weighted by Gasteiger charge is 2.17. The van der Waals surface area contributed by atoms with Gasteiger partial charge in [-0.3, -0.25) is 4.79 Å². The zero-order chi connectivity index (χ0) is 9.30. The Morgan fingerprint density at radius 2 is 2.08 bits per heavy atom. The van der Waals surface area contributed by atoms with Crippen LogP contribution in [0.15, 0.2) is 0 Å². The van der Waals surface area contributed by atoms with Crippen LogP contribution in [0.2, 0.25) is 0 Å². The molecule has 1 amide bonds. The van der Waals surface area contributed by atoms with Crippen molar-refractivity contribution < 1.29 is 19.8 Å². The fourth-order valence-electron chi connectivity index (χ4n) is 0.637. The van der Waals surface area contributed by atoms with Crippen molar-refractivity contribution in [3.05, 3.63) is 11.5 Å². The molecule has 0 saturated heterocycles. The number of nitrogens with zero attached hydrogens (tertiary/aromatic N) is 1. The Hall–Kier alpha value is -2.05. The fourth-order valence-corrected chi connectivity index (χ4v) is 0.637. The van der Waals surface area contributed by atoms with E-state index in [1.165, 1.54) is 0 Å². The molecular formula is C5H5N3O4. The number of hydrogen-bond acceptors (Lipinski definition) is 4. The van der Waals surface area contributed by atoms with Gasteiger partial charge in [0.2, 0.25) is 11.7 Å². The van der Waals surface area contributed by atoms with Gasteiger partial charge in [0.25, 0.3) is 5.91 Å². The Balaban J connectivity index is 3.17. The Labute approximate surface area is 65.8 Å². The number of carbonyl (C=O) groups is 2. The maximum Gasteiger partial charge on any atom is 0.372 e. The summed E-state index contributed by atoms with van der Waals surface area (Å²) in [7, 11) is 0. The highest BCUT2D eigenvalue weighted by Crippen LogP contribution is 2.11. The summed E-state index contributed by atoms with van der Waals surface area (Å²) in [5.74, 6) is -3.58. The molecule has 1 aromatic heterocycles. The number of rotatable bonds is 2. The first-order valence-electron chi connectivity index (χ1n) is 2.84. The fraction of sp³-hybridized carbons (Fsp3) is 0. The van der Waals surface area contributed by atoms with Crippen LogP contribution in [0.3, 0.4) is 0 Å². The molecular weight excluding hydrogens is 166 g/mol. The summed E-state index contributed by atoms with van der Waals surface area (Å²) in [5.41, 5.74) is 4.36. The molecule has 0 spiro atoms. The van der Waals surface area contributed by atoms with Gasteiger partial charge in [-0.1, -0.05) is 0 Å². The summed E-state index contributed by atoms with van der Waals surface area (Å²) in [6.07, 6.45) is 0. The van der Waals surface area contributed by atoms with Gasteiger partial charge in [0.05, 0.1) is 0 Å². The third-order valence-electron chi connectivity index (χ3n) is 1.13. The summed E-state index contributed by atoms with van der Waals surface area (Å²) < 4.78 is 0. The predicted octanol–water partition coefficient (Wildman–Crippen LogP) is -1.09. The number of primary amides is 1. The lowest BCUT2D eigenvalue weighted by atomic mass is 10.4. The average molecular weight is 171 g/mol. The van der Waals surface area contributed by atoms with Gasteiger partial charge in [-0.2, -0.15) is 4.98 Å². The topological polar surface area (TPSA) is 129 Å². The molecule has 0 aliphatic heterocycles. The largest absolute Gasteiger partial charge is 0.492 e. The number of imidazole rings is 1. The number of aromatic nitrogens is 2. The lowest BCUT2D eigenvalue weighted by Crippen LogP contribution is -2.12. The number of aromatic amines is 1. The second-order valence-electron chi connectivity index (χ2n) is 1.95. The molecule has 12 heavy (non-hydrogen) atoms. The summed E-state index contributed by atoms with van der Waals surface area (Å²) >= 11 is 0. The number of nitrogens with one attached hydrogen (secondary N) is 1. The van der Waals surface area contributed by atoms with Crippen LogP contribution in [-0.2, 0) is 0 Å². The molecule has 0 fully saturated rings. The summed E-state index contributed by atoms with van der Waals surface area (Å²) in [4.78, 5) is 25.9. The number of amides is 1. The molecule has 0 atom stereocenters. The van der Waals surface area contributed by atoms with E-state index >= 15 is 0 Å². The second-order valence-corrected chi connectivity index (χ2v) is 1.95. The van der Waals surface area contributed by atoms with E-state index in [0.717, 1.165) is 0 Å². The average Bonchev–Trinajstić information content (AvgIpc) is 2.30. The molecule has 1 rings (SSSR count). The molecule has 0 aliphatic rings. The maximum absolute atomic E-state index is 10.5. The molecule has 0 aromatic carbocycles. The Morgan fingerprint density at radius 1 is 1.50 bits per heavy atom. The quantitative estimate of drug-likeness (QED) is 0.449. The first kappa shape index (κ1) is 8.05. The summed E-state index contributed by atoms with van der Waals surface area (Å²) in [6, 6.07) is 0. The molecule has 1 aromatic rings. The van der Waals surface area contributed by atoms with Gasteiger partial charge in [0.15, 0.2) is 5.69 Å². The first-order chi connectivity index (χ1) is 5.52. The first-order valence-corrected chi connectivity index (χ1v) is 2.84. The lowest BCUT2D eigenvalue weighted by molar-refractivity contribution is 0.0684. The number of carbonyl (C=O) groups excluding carboxylic acids is 1. The van der Waals surface area contributed by atoms with E-state index < -0.39 is 29.3 Å². The summed E-state index contributed by atoms with van der Waals surface area (Å²) in [6.45, 7) is 0. The summed E-state index contributed by atoms with van der Waals surface area (Å²) in [5, 5.41) is 17.2. The maximum atomic E-state index is 10.5. The molecule has 0 unspecified atom stereocenters. The van der Waals surface area contributed by atoms with E-state index in [1.807, 2.05) is 4.98 Å². The number of H-pyrrole nitrogens is 1. The van der Waals surface area contributed by atoms with Gasteiger partial charge >= 0.3 is 5.97 Å². The van der Waals surface area contributed by atoms with Crippen LogP contribution >= 0.6 is 0 Å². The molecule has 7 heteroatoms. The third kappa shape index (κ3) is 1.19. The molecule has 0 aliphatic carbocycles. The van der Waals surface area contributed by atoms with Gasteiger partial charge in [0, 0.05) is 0 Å². The van der Waals surface area contributed by atoms with Crippen LogP contribution in [0, 0.1) is 0 Å². The van der Waals surface area contributed by atoms with Gasteiger partial charge < -0.3 is 20.9 Å². The Kier molecular flexibility index (Phi) is 1.70. The molecule has 0 saturated carbocycles.